The van der Waals surface area contributed by atoms with Gasteiger partial charge >= 0.3 is 6.18 Å². The van der Waals surface area contributed by atoms with Gasteiger partial charge in [-0.25, -0.2) is 9.37 Å². The molecule has 196 valence electrons. The van der Waals surface area contributed by atoms with Crippen LogP contribution in [0.5, 0.6) is 11.5 Å². The smallest absolute Gasteiger partial charge is 0.416 e. The normalized spacial score (nSPS) is 13.7. The molecule has 3 aromatic carbocycles. The van der Waals surface area contributed by atoms with Gasteiger partial charge < -0.3 is 15.4 Å². The van der Waals surface area contributed by atoms with Gasteiger partial charge in [0.15, 0.2) is 5.13 Å². The zero-order valence-electron chi connectivity index (χ0n) is 19.8. The maximum absolute atomic E-state index is 14.4. The Hall–Kier alpha value is -3.99. The number of thiazole rings is 1. The lowest BCUT2D eigenvalue weighted by molar-refractivity contribution is -0.137. The van der Waals surface area contributed by atoms with Gasteiger partial charge in [0.25, 0.3) is 0 Å². The first-order valence-electron chi connectivity index (χ1n) is 11.8. The number of carbonyl (C=O) groups excluding carboxylic acids is 2. The molecule has 0 bridgehead atoms. The van der Waals surface area contributed by atoms with Crippen molar-refractivity contribution < 1.29 is 31.9 Å². The van der Waals surface area contributed by atoms with E-state index in [2.05, 4.69) is 15.6 Å². The fourth-order valence-corrected chi connectivity index (χ4v) is 4.83. The molecule has 0 spiro atoms. The fraction of sp³-hybridized carbons (Fsp3) is 0.222. The minimum Gasteiger partial charge on any atom is -0.457 e. The monoisotopic (exact) mass is 543 g/mol. The minimum absolute atomic E-state index is 0.0271. The molecule has 0 saturated heterocycles. The Labute approximate surface area is 218 Å². The zero-order chi connectivity index (χ0) is 26.9. The number of rotatable bonds is 7. The number of benzene rings is 3. The van der Waals surface area contributed by atoms with E-state index in [0.717, 1.165) is 42.2 Å². The summed E-state index contributed by atoms with van der Waals surface area (Å²) in [5, 5.41) is 5.74. The number of halogens is 4. The van der Waals surface area contributed by atoms with Crippen LogP contribution in [0.2, 0.25) is 0 Å². The van der Waals surface area contributed by atoms with Crippen molar-refractivity contribution in [2.75, 3.05) is 10.6 Å². The maximum Gasteiger partial charge on any atom is 0.416 e. The Morgan fingerprint density at radius 1 is 1.00 bits per heavy atom. The summed E-state index contributed by atoms with van der Waals surface area (Å²) in [4.78, 5) is 29.0. The number of nitrogens with one attached hydrogen (secondary N) is 2. The van der Waals surface area contributed by atoms with E-state index in [1.807, 2.05) is 0 Å². The third-order valence-corrected chi connectivity index (χ3v) is 7.07. The van der Waals surface area contributed by atoms with Gasteiger partial charge in [0.05, 0.1) is 27.9 Å². The van der Waals surface area contributed by atoms with Crippen LogP contribution in [0, 0.1) is 11.7 Å². The molecule has 0 aliphatic heterocycles. The second kappa shape index (κ2) is 10.4. The van der Waals surface area contributed by atoms with Crippen molar-refractivity contribution in [3.8, 4) is 11.5 Å². The summed E-state index contributed by atoms with van der Waals surface area (Å²) in [5.74, 6) is -0.712. The van der Waals surface area contributed by atoms with Crippen molar-refractivity contribution in [3.63, 3.8) is 0 Å². The second-order valence-electron chi connectivity index (χ2n) is 8.93. The summed E-state index contributed by atoms with van der Waals surface area (Å²) >= 11 is 1.31. The Bertz CT molecular complexity index is 1520. The molecular weight excluding hydrogens is 522 g/mol. The number of amides is 2. The quantitative estimate of drug-likeness (QED) is 0.242. The van der Waals surface area contributed by atoms with Crippen molar-refractivity contribution in [2.45, 2.75) is 31.9 Å². The maximum atomic E-state index is 14.4. The van der Waals surface area contributed by atoms with Crippen molar-refractivity contribution >= 4 is 44.2 Å². The predicted molar refractivity (Wildman–Crippen MR) is 136 cm³/mol. The first-order valence-corrected chi connectivity index (χ1v) is 12.6. The largest absolute Gasteiger partial charge is 0.457 e. The number of aromatic nitrogens is 1. The summed E-state index contributed by atoms with van der Waals surface area (Å²) < 4.78 is 59.8. The third kappa shape index (κ3) is 5.94. The molecule has 2 N–H and O–H groups in total. The lowest BCUT2D eigenvalue weighted by atomic mass is 9.85. The van der Waals surface area contributed by atoms with Crippen LogP contribution in [0.15, 0.2) is 60.7 Å². The number of anilines is 2. The highest BCUT2D eigenvalue weighted by Gasteiger charge is 2.30. The fourth-order valence-electron chi connectivity index (χ4n) is 3.94. The van der Waals surface area contributed by atoms with Gasteiger partial charge in [-0.2, -0.15) is 13.2 Å². The lowest BCUT2D eigenvalue weighted by Crippen LogP contribution is -2.27. The Balaban J connectivity index is 1.26. The number of carbonyl (C=O) groups is 2. The molecule has 1 aliphatic rings. The van der Waals surface area contributed by atoms with Crippen LogP contribution in [0.25, 0.3) is 10.2 Å². The van der Waals surface area contributed by atoms with Gasteiger partial charge in [-0.1, -0.05) is 36.0 Å². The molecule has 1 heterocycles. The minimum atomic E-state index is -4.53. The Morgan fingerprint density at radius 3 is 2.50 bits per heavy atom. The van der Waals surface area contributed by atoms with Gasteiger partial charge in [0, 0.05) is 18.1 Å². The zero-order valence-corrected chi connectivity index (χ0v) is 20.6. The summed E-state index contributed by atoms with van der Waals surface area (Å²) in [6.07, 6.45) is -2.06. The van der Waals surface area contributed by atoms with Crippen molar-refractivity contribution in [1.82, 2.24) is 4.98 Å². The van der Waals surface area contributed by atoms with E-state index >= 15 is 0 Å². The first kappa shape index (κ1) is 25.7. The molecule has 11 heteroatoms. The topological polar surface area (TPSA) is 80.3 Å². The second-order valence-corrected chi connectivity index (χ2v) is 9.96. The Morgan fingerprint density at radius 2 is 1.76 bits per heavy atom. The van der Waals surface area contributed by atoms with E-state index in [0.29, 0.717) is 16.4 Å². The highest BCUT2D eigenvalue weighted by Crippen LogP contribution is 2.34. The molecule has 1 fully saturated rings. The van der Waals surface area contributed by atoms with Gasteiger partial charge in [0.2, 0.25) is 11.8 Å². The van der Waals surface area contributed by atoms with E-state index in [4.69, 9.17) is 4.74 Å². The van der Waals surface area contributed by atoms with Gasteiger partial charge in [-0.15, -0.1) is 0 Å². The van der Waals surface area contributed by atoms with E-state index in [-0.39, 0.29) is 35.2 Å². The summed E-state index contributed by atoms with van der Waals surface area (Å²) in [6.45, 7) is 0. The van der Waals surface area contributed by atoms with Gasteiger partial charge in [0.1, 0.15) is 17.3 Å². The predicted octanol–water partition coefficient (Wildman–Crippen LogP) is 7.17. The highest BCUT2D eigenvalue weighted by molar-refractivity contribution is 7.22. The van der Waals surface area contributed by atoms with E-state index in [9.17, 15) is 27.2 Å². The van der Waals surface area contributed by atoms with Crippen LogP contribution in [-0.2, 0) is 22.2 Å². The summed E-state index contributed by atoms with van der Waals surface area (Å²) in [6, 6.07) is 13.4. The molecule has 0 unspecified atom stereocenters. The average Bonchev–Trinajstić information content (AvgIpc) is 3.21. The molecule has 5 rings (SSSR count). The highest BCUT2D eigenvalue weighted by atomic mass is 32.1. The molecule has 2 amide bonds. The van der Waals surface area contributed by atoms with Crippen LogP contribution < -0.4 is 15.4 Å². The van der Waals surface area contributed by atoms with Gasteiger partial charge in [-0.3, -0.25) is 9.59 Å². The van der Waals surface area contributed by atoms with Crippen LogP contribution in [0.1, 0.15) is 30.4 Å². The number of nitrogens with zero attached hydrogens (tertiary/aromatic N) is 1. The summed E-state index contributed by atoms with van der Waals surface area (Å²) in [5.41, 5.74) is -0.200. The van der Waals surface area contributed by atoms with Crippen molar-refractivity contribution in [1.29, 1.82) is 0 Å². The number of hydrogen-bond donors (Lipinski definition) is 2. The molecule has 0 radical (unpaired) electrons. The van der Waals surface area contributed by atoms with Crippen molar-refractivity contribution in [3.05, 3.63) is 77.6 Å². The molecule has 6 nitrogen and oxygen atoms in total. The van der Waals surface area contributed by atoms with Crippen LogP contribution in [0.4, 0.5) is 28.4 Å². The molecule has 0 atom stereocenters. The van der Waals surface area contributed by atoms with Gasteiger partial charge in [-0.05, 0) is 48.7 Å². The third-order valence-electron chi connectivity index (χ3n) is 6.13. The standard InChI is InChI=1S/C27H21F4N3O3S/c28-20-9-7-18(13-22(20)32-24(35)12-15-3-1-6-17(11-15)27(29,30)31)37-19-8-10-21-23(14-19)38-26(33-21)34-25(36)16-4-2-5-16/h1,3,6-11,13-14,16H,2,4-5,12H2,(H,32,35)(H,33,34,36). The first-order chi connectivity index (χ1) is 18.1. The van der Waals surface area contributed by atoms with Crippen LogP contribution >= 0.6 is 11.3 Å². The number of hydrogen-bond acceptors (Lipinski definition) is 5. The van der Waals surface area contributed by atoms with Crippen LogP contribution in [-0.4, -0.2) is 16.8 Å². The molecule has 1 saturated carbocycles. The van der Waals surface area contributed by atoms with Crippen molar-refractivity contribution in [2.24, 2.45) is 5.92 Å². The molecule has 1 aromatic heterocycles. The number of ether oxygens (including phenoxy) is 1. The molecule has 4 aromatic rings. The van der Waals surface area contributed by atoms with Crippen LogP contribution in [0.3, 0.4) is 0 Å². The summed E-state index contributed by atoms with van der Waals surface area (Å²) in [7, 11) is 0. The average molecular weight is 544 g/mol. The number of fused-ring (bicyclic) bond motifs is 1. The molecule has 38 heavy (non-hydrogen) atoms. The Kier molecular flexibility index (Phi) is 7.02. The SMILES string of the molecule is O=C(Cc1cccc(C(F)(F)F)c1)Nc1cc(Oc2ccc3nc(NC(=O)C4CCC4)sc3c2)ccc1F. The van der Waals surface area contributed by atoms with E-state index < -0.39 is 23.5 Å². The van der Waals surface area contributed by atoms with E-state index in [1.54, 1.807) is 18.2 Å². The molecular formula is C27H21F4N3O3S. The van der Waals surface area contributed by atoms with E-state index in [1.165, 1.54) is 35.6 Å². The lowest BCUT2D eigenvalue weighted by Gasteiger charge is -2.23. The molecule has 1 aliphatic carbocycles. The number of alkyl halides is 3.